The van der Waals surface area contributed by atoms with Gasteiger partial charge in [0.2, 0.25) is 5.28 Å². The van der Waals surface area contributed by atoms with E-state index in [2.05, 4.69) is 15.3 Å². The number of anilines is 1. The van der Waals surface area contributed by atoms with Crippen LogP contribution in [0, 0.1) is 11.8 Å². The first-order valence-electron chi connectivity index (χ1n) is 6.95. The van der Waals surface area contributed by atoms with E-state index in [1.807, 2.05) is 0 Å². The molecule has 1 aromatic heterocycles. The van der Waals surface area contributed by atoms with Crippen molar-refractivity contribution in [2.24, 2.45) is 11.8 Å². The molecule has 1 saturated carbocycles. The van der Waals surface area contributed by atoms with Crippen molar-refractivity contribution >= 4 is 35.1 Å². The molecule has 0 aromatic carbocycles. The molecule has 6 nitrogen and oxygen atoms in total. The molecule has 1 aliphatic carbocycles. The van der Waals surface area contributed by atoms with Gasteiger partial charge in [-0.15, -0.1) is 0 Å². The van der Waals surface area contributed by atoms with Crippen LogP contribution in [-0.4, -0.2) is 45.2 Å². The first kappa shape index (κ1) is 14.7. The number of halogens is 2. The summed E-state index contributed by atoms with van der Waals surface area (Å²) in [5, 5.41) is 13.0. The molecule has 2 heterocycles. The third-order valence-corrected chi connectivity index (χ3v) is 4.83. The molecular formula is C13H16Cl2N4O2. The second-order valence-corrected chi connectivity index (χ2v) is 6.44. The fourth-order valence-electron chi connectivity index (χ4n) is 3.36. The molecule has 2 fully saturated rings. The minimum atomic E-state index is -0.820. The number of amides is 1. The lowest BCUT2D eigenvalue weighted by Crippen LogP contribution is -2.32. The summed E-state index contributed by atoms with van der Waals surface area (Å²) < 4.78 is 0. The summed E-state index contributed by atoms with van der Waals surface area (Å²) in [4.78, 5) is 20.5. The Hall–Kier alpha value is -1.27. The molecule has 1 aliphatic heterocycles. The number of rotatable bonds is 2. The SMILES string of the molecule is O=C(O)N1CC2CCC(Nc3nc(Cl)ncc3Cl)CC2C1. The smallest absolute Gasteiger partial charge is 0.407 e. The molecule has 3 rings (SSSR count). The van der Waals surface area contributed by atoms with Crippen LogP contribution in [0.15, 0.2) is 6.20 Å². The van der Waals surface area contributed by atoms with Crippen molar-refractivity contribution in [2.45, 2.75) is 25.3 Å². The minimum Gasteiger partial charge on any atom is -0.465 e. The molecule has 3 unspecified atom stereocenters. The Morgan fingerprint density at radius 1 is 1.33 bits per heavy atom. The predicted molar refractivity (Wildman–Crippen MR) is 79.9 cm³/mol. The zero-order chi connectivity index (χ0) is 15.0. The average molecular weight is 331 g/mol. The van der Waals surface area contributed by atoms with E-state index in [4.69, 9.17) is 28.3 Å². The maximum absolute atomic E-state index is 11.1. The number of nitrogens with one attached hydrogen (secondary N) is 1. The van der Waals surface area contributed by atoms with E-state index in [0.29, 0.717) is 35.8 Å². The van der Waals surface area contributed by atoms with Crippen LogP contribution in [0.2, 0.25) is 10.3 Å². The van der Waals surface area contributed by atoms with Crippen LogP contribution in [0.3, 0.4) is 0 Å². The number of carbonyl (C=O) groups is 1. The number of likely N-dealkylation sites (tertiary alicyclic amines) is 1. The van der Waals surface area contributed by atoms with Gasteiger partial charge < -0.3 is 15.3 Å². The Kier molecular flexibility index (Phi) is 4.08. The van der Waals surface area contributed by atoms with Gasteiger partial charge in [-0.25, -0.2) is 9.78 Å². The van der Waals surface area contributed by atoms with Crippen molar-refractivity contribution < 1.29 is 9.90 Å². The summed E-state index contributed by atoms with van der Waals surface area (Å²) in [6.07, 6.45) is 3.58. The topological polar surface area (TPSA) is 78.4 Å². The van der Waals surface area contributed by atoms with Crippen molar-refractivity contribution in [3.8, 4) is 0 Å². The second kappa shape index (κ2) is 5.85. The van der Waals surface area contributed by atoms with Crippen molar-refractivity contribution in [3.63, 3.8) is 0 Å². The van der Waals surface area contributed by atoms with E-state index in [1.54, 1.807) is 0 Å². The van der Waals surface area contributed by atoms with Gasteiger partial charge in [-0.1, -0.05) is 11.6 Å². The van der Waals surface area contributed by atoms with Gasteiger partial charge in [0.15, 0.2) is 0 Å². The standard InChI is InChI=1S/C13H16Cl2N4O2/c14-10-4-16-12(15)18-11(10)17-9-2-1-7-5-19(13(20)21)6-8(7)3-9/h4,7-9H,1-3,5-6H2,(H,20,21)(H,16,17,18). The molecule has 0 radical (unpaired) electrons. The van der Waals surface area contributed by atoms with Crippen molar-refractivity contribution in [2.75, 3.05) is 18.4 Å². The highest BCUT2D eigenvalue weighted by Crippen LogP contribution is 2.37. The molecule has 3 atom stereocenters. The largest absolute Gasteiger partial charge is 0.465 e. The molecule has 0 spiro atoms. The first-order chi connectivity index (χ1) is 10.0. The maximum Gasteiger partial charge on any atom is 0.407 e. The Bertz CT molecular complexity index is 557. The lowest BCUT2D eigenvalue weighted by atomic mass is 9.79. The van der Waals surface area contributed by atoms with Gasteiger partial charge in [0.05, 0.1) is 6.20 Å². The molecular weight excluding hydrogens is 315 g/mol. The molecule has 1 saturated heterocycles. The summed E-state index contributed by atoms with van der Waals surface area (Å²) in [6.45, 7) is 1.28. The number of carboxylic acid groups (broad SMARTS) is 1. The molecule has 0 bridgehead atoms. The van der Waals surface area contributed by atoms with Crippen LogP contribution in [-0.2, 0) is 0 Å². The molecule has 8 heteroatoms. The molecule has 2 N–H and O–H groups in total. The number of aromatic nitrogens is 2. The lowest BCUT2D eigenvalue weighted by molar-refractivity contribution is 0.153. The van der Waals surface area contributed by atoms with Gasteiger partial charge in [-0.2, -0.15) is 4.98 Å². The number of hydrogen-bond donors (Lipinski definition) is 2. The van der Waals surface area contributed by atoms with Crippen LogP contribution < -0.4 is 5.32 Å². The van der Waals surface area contributed by atoms with Crippen molar-refractivity contribution in [1.29, 1.82) is 0 Å². The summed E-state index contributed by atoms with van der Waals surface area (Å²) in [7, 11) is 0. The van der Waals surface area contributed by atoms with Crippen LogP contribution in [0.5, 0.6) is 0 Å². The fraction of sp³-hybridized carbons (Fsp3) is 0.615. The quantitative estimate of drug-likeness (QED) is 0.815. The molecule has 114 valence electrons. The Labute approximate surface area is 132 Å². The second-order valence-electron chi connectivity index (χ2n) is 5.70. The van der Waals surface area contributed by atoms with E-state index in [0.717, 1.165) is 19.3 Å². The Balaban J connectivity index is 1.64. The third kappa shape index (κ3) is 3.16. The predicted octanol–water partition coefficient (Wildman–Crippen LogP) is 2.97. The highest BCUT2D eigenvalue weighted by atomic mass is 35.5. The number of fused-ring (bicyclic) bond motifs is 1. The number of nitrogens with zero attached hydrogens (tertiary/aromatic N) is 3. The molecule has 1 amide bonds. The van der Waals surface area contributed by atoms with Crippen LogP contribution in [0.1, 0.15) is 19.3 Å². The van der Waals surface area contributed by atoms with Gasteiger partial charge >= 0.3 is 6.09 Å². The van der Waals surface area contributed by atoms with Gasteiger partial charge in [0.1, 0.15) is 10.8 Å². The van der Waals surface area contributed by atoms with E-state index in [9.17, 15) is 4.79 Å². The number of hydrogen-bond acceptors (Lipinski definition) is 4. The van der Waals surface area contributed by atoms with E-state index in [-0.39, 0.29) is 11.3 Å². The van der Waals surface area contributed by atoms with E-state index in [1.165, 1.54) is 11.1 Å². The minimum absolute atomic E-state index is 0.161. The third-order valence-electron chi connectivity index (χ3n) is 4.38. The Morgan fingerprint density at radius 3 is 2.86 bits per heavy atom. The van der Waals surface area contributed by atoms with Crippen LogP contribution in [0.25, 0.3) is 0 Å². The van der Waals surface area contributed by atoms with Crippen LogP contribution >= 0.6 is 23.2 Å². The normalized spacial score (nSPS) is 28.3. The molecule has 21 heavy (non-hydrogen) atoms. The van der Waals surface area contributed by atoms with Gasteiger partial charge in [0.25, 0.3) is 0 Å². The summed E-state index contributed by atoms with van der Waals surface area (Å²) in [5.74, 6) is 1.43. The monoisotopic (exact) mass is 330 g/mol. The molecule has 1 aromatic rings. The molecule has 2 aliphatic rings. The Morgan fingerprint density at radius 2 is 2.10 bits per heavy atom. The van der Waals surface area contributed by atoms with Crippen LogP contribution in [0.4, 0.5) is 10.6 Å². The van der Waals surface area contributed by atoms with Gasteiger partial charge in [-0.05, 0) is 42.7 Å². The van der Waals surface area contributed by atoms with E-state index >= 15 is 0 Å². The summed E-state index contributed by atoms with van der Waals surface area (Å²) >= 11 is 11.8. The van der Waals surface area contributed by atoms with Crippen molar-refractivity contribution in [1.82, 2.24) is 14.9 Å². The van der Waals surface area contributed by atoms with Gasteiger partial charge in [-0.3, -0.25) is 0 Å². The zero-order valence-electron chi connectivity index (χ0n) is 11.3. The maximum atomic E-state index is 11.1. The highest BCUT2D eigenvalue weighted by molar-refractivity contribution is 6.33. The van der Waals surface area contributed by atoms with Crippen molar-refractivity contribution in [3.05, 3.63) is 16.5 Å². The zero-order valence-corrected chi connectivity index (χ0v) is 12.8. The fourth-order valence-corrected chi connectivity index (χ4v) is 3.64. The summed E-state index contributed by atoms with van der Waals surface area (Å²) in [5.41, 5.74) is 0. The van der Waals surface area contributed by atoms with E-state index < -0.39 is 6.09 Å². The van der Waals surface area contributed by atoms with Gasteiger partial charge in [0, 0.05) is 19.1 Å². The first-order valence-corrected chi connectivity index (χ1v) is 7.71. The lowest BCUT2D eigenvalue weighted by Gasteiger charge is -2.31. The average Bonchev–Trinajstić information content (AvgIpc) is 2.86. The summed E-state index contributed by atoms with van der Waals surface area (Å²) in [6, 6.07) is 0.239. The highest BCUT2D eigenvalue weighted by Gasteiger charge is 2.39.